The maximum atomic E-state index is 9.20. The number of aromatic nitrogens is 4. The Balaban J connectivity index is 2.35. The third kappa shape index (κ3) is 2.69. The molecule has 0 saturated heterocycles. The van der Waals surface area contributed by atoms with E-state index in [-0.39, 0.29) is 5.82 Å². The van der Waals surface area contributed by atoms with E-state index in [0.29, 0.717) is 17.2 Å². The number of nitrogen functional groups attached to an aromatic ring is 1. The van der Waals surface area contributed by atoms with Crippen molar-refractivity contribution in [3.05, 3.63) is 23.4 Å². The highest BCUT2D eigenvalue weighted by atomic mass is 15.4. The first-order chi connectivity index (χ1) is 9.67. The highest BCUT2D eigenvalue weighted by Crippen LogP contribution is 2.23. The zero-order chi connectivity index (χ0) is 14.5. The number of aryl methyl sites for hydroxylation is 1. The fraction of sp³-hybridized carbons (Fsp3) is 0.385. The van der Waals surface area contributed by atoms with Crippen LogP contribution in [0.25, 0.3) is 5.82 Å². The van der Waals surface area contributed by atoms with E-state index in [1.165, 1.54) is 4.68 Å². The molecule has 0 saturated carbocycles. The van der Waals surface area contributed by atoms with Gasteiger partial charge in [0.1, 0.15) is 17.5 Å². The van der Waals surface area contributed by atoms with Gasteiger partial charge < -0.3 is 11.1 Å². The van der Waals surface area contributed by atoms with Crippen LogP contribution in [-0.2, 0) is 0 Å². The van der Waals surface area contributed by atoms with Gasteiger partial charge in [-0.05, 0) is 25.5 Å². The molecule has 0 aliphatic heterocycles. The Morgan fingerprint density at radius 3 is 2.80 bits per heavy atom. The van der Waals surface area contributed by atoms with Gasteiger partial charge in [-0.15, -0.1) is 10.2 Å². The number of hydrogen-bond acceptors (Lipinski definition) is 6. The molecule has 3 N–H and O–H groups in total. The lowest BCUT2D eigenvalue weighted by Gasteiger charge is -2.02. The monoisotopic (exact) mass is 271 g/mol. The van der Waals surface area contributed by atoms with Crippen LogP contribution in [0.1, 0.15) is 31.0 Å². The number of rotatable bonds is 5. The molecule has 0 atom stereocenters. The summed E-state index contributed by atoms with van der Waals surface area (Å²) < 4.78 is 1.43. The van der Waals surface area contributed by atoms with Gasteiger partial charge in [-0.2, -0.15) is 15.0 Å². The topological polar surface area (TPSA) is 105 Å². The van der Waals surface area contributed by atoms with Gasteiger partial charge in [0.05, 0.1) is 5.69 Å². The molecule has 0 bridgehead atoms. The van der Waals surface area contributed by atoms with Crippen molar-refractivity contribution in [2.24, 2.45) is 0 Å². The van der Waals surface area contributed by atoms with Crippen molar-refractivity contribution in [1.82, 2.24) is 20.0 Å². The van der Waals surface area contributed by atoms with Crippen molar-refractivity contribution < 1.29 is 0 Å². The van der Waals surface area contributed by atoms with E-state index < -0.39 is 0 Å². The Kier molecular flexibility index (Phi) is 4.15. The highest BCUT2D eigenvalue weighted by molar-refractivity contribution is 5.65. The fourth-order valence-corrected chi connectivity index (χ4v) is 1.73. The molecule has 0 radical (unpaired) electrons. The van der Waals surface area contributed by atoms with E-state index in [1.54, 1.807) is 6.07 Å². The summed E-state index contributed by atoms with van der Waals surface area (Å²) >= 11 is 0. The third-order valence-electron chi connectivity index (χ3n) is 2.86. The van der Waals surface area contributed by atoms with Crippen LogP contribution in [0, 0.1) is 18.3 Å². The van der Waals surface area contributed by atoms with Gasteiger partial charge >= 0.3 is 0 Å². The second kappa shape index (κ2) is 6.02. The first-order valence-corrected chi connectivity index (χ1v) is 6.50. The molecule has 2 aromatic heterocycles. The average Bonchev–Trinajstić information content (AvgIpc) is 2.76. The number of hydrogen-bond donors (Lipinski definition) is 2. The summed E-state index contributed by atoms with van der Waals surface area (Å²) in [6, 6.07) is 5.66. The Morgan fingerprint density at radius 1 is 1.40 bits per heavy atom. The van der Waals surface area contributed by atoms with Crippen LogP contribution in [0.3, 0.4) is 0 Å². The number of nitrogens with two attached hydrogens (primary N) is 1. The van der Waals surface area contributed by atoms with Crippen molar-refractivity contribution in [2.45, 2.75) is 26.7 Å². The molecule has 104 valence electrons. The molecule has 0 unspecified atom stereocenters. The number of nitrogens with one attached hydrogen (secondary N) is 1. The number of unbranched alkanes of at least 4 members (excludes halogenated alkanes) is 1. The second-order valence-electron chi connectivity index (χ2n) is 4.45. The molecule has 2 rings (SSSR count). The normalized spacial score (nSPS) is 10.2. The highest BCUT2D eigenvalue weighted by Gasteiger charge is 2.17. The molecular formula is C13H17N7. The fourth-order valence-electron chi connectivity index (χ4n) is 1.73. The summed E-state index contributed by atoms with van der Waals surface area (Å²) in [5.74, 6) is 1.25. The largest absolute Gasteiger partial charge is 0.382 e. The van der Waals surface area contributed by atoms with E-state index in [2.05, 4.69) is 33.6 Å². The molecule has 7 heteroatoms. The predicted molar refractivity (Wildman–Crippen MR) is 76.4 cm³/mol. The number of anilines is 2. The summed E-state index contributed by atoms with van der Waals surface area (Å²) in [6.07, 6.45) is 2.07. The van der Waals surface area contributed by atoms with Gasteiger partial charge in [-0.1, -0.05) is 13.3 Å². The minimum atomic E-state index is 0.268. The van der Waals surface area contributed by atoms with Crippen molar-refractivity contribution in [3.8, 4) is 11.9 Å². The predicted octanol–water partition coefficient (Wildman–Crippen LogP) is 1.64. The van der Waals surface area contributed by atoms with Crippen molar-refractivity contribution >= 4 is 11.6 Å². The van der Waals surface area contributed by atoms with Crippen LogP contribution in [0.15, 0.2) is 12.1 Å². The summed E-state index contributed by atoms with van der Waals surface area (Å²) in [4.78, 5) is 0. The van der Waals surface area contributed by atoms with Gasteiger partial charge in [0.25, 0.3) is 0 Å². The zero-order valence-electron chi connectivity index (χ0n) is 11.6. The van der Waals surface area contributed by atoms with Crippen LogP contribution in [-0.4, -0.2) is 26.5 Å². The SMILES string of the molecule is CCCCNc1nn(-c2ccc(C)nn2)c(N)c1C#N. The lowest BCUT2D eigenvalue weighted by Crippen LogP contribution is -2.06. The quantitative estimate of drug-likeness (QED) is 0.801. The standard InChI is InChI=1S/C13H17N7/c1-3-4-7-16-13-10(8-14)12(15)20(19-13)11-6-5-9(2)17-18-11/h5-6H,3-4,7,15H2,1-2H3,(H,16,19). The molecule has 7 nitrogen and oxygen atoms in total. The molecular weight excluding hydrogens is 254 g/mol. The second-order valence-corrected chi connectivity index (χ2v) is 4.45. The van der Waals surface area contributed by atoms with Crippen LogP contribution in [0.2, 0.25) is 0 Å². The van der Waals surface area contributed by atoms with Crippen LogP contribution in [0.4, 0.5) is 11.6 Å². The van der Waals surface area contributed by atoms with Crippen LogP contribution in [0.5, 0.6) is 0 Å². The molecule has 0 spiro atoms. The van der Waals surface area contributed by atoms with Crippen molar-refractivity contribution in [1.29, 1.82) is 5.26 Å². The molecule has 0 fully saturated rings. The lowest BCUT2D eigenvalue weighted by atomic mass is 10.3. The molecule has 20 heavy (non-hydrogen) atoms. The third-order valence-corrected chi connectivity index (χ3v) is 2.86. The Hall–Kier alpha value is -2.62. The maximum Gasteiger partial charge on any atom is 0.178 e. The van der Waals surface area contributed by atoms with E-state index in [4.69, 9.17) is 5.73 Å². The molecule has 2 aromatic rings. The van der Waals surface area contributed by atoms with Crippen LogP contribution < -0.4 is 11.1 Å². The molecule has 0 aromatic carbocycles. The summed E-state index contributed by atoms with van der Waals surface area (Å²) in [7, 11) is 0. The summed E-state index contributed by atoms with van der Waals surface area (Å²) in [5.41, 5.74) is 7.10. The first-order valence-electron chi connectivity index (χ1n) is 6.50. The number of nitriles is 1. The van der Waals surface area contributed by atoms with Gasteiger partial charge in [0.15, 0.2) is 11.6 Å². The van der Waals surface area contributed by atoms with Gasteiger partial charge in [0, 0.05) is 6.54 Å². The minimum Gasteiger partial charge on any atom is -0.382 e. The minimum absolute atomic E-state index is 0.268. The summed E-state index contributed by atoms with van der Waals surface area (Å²) in [5, 5.41) is 24.6. The molecule has 2 heterocycles. The lowest BCUT2D eigenvalue weighted by molar-refractivity contribution is 0.801. The van der Waals surface area contributed by atoms with Crippen molar-refractivity contribution in [3.63, 3.8) is 0 Å². The van der Waals surface area contributed by atoms with Gasteiger partial charge in [-0.3, -0.25) is 0 Å². The smallest absolute Gasteiger partial charge is 0.178 e. The van der Waals surface area contributed by atoms with E-state index >= 15 is 0 Å². The van der Waals surface area contributed by atoms with Gasteiger partial charge in [-0.25, -0.2) is 0 Å². The maximum absolute atomic E-state index is 9.20. The van der Waals surface area contributed by atoms with Crippen LogP contribution >= 0.6 is 0 Å². The van der Waals surface area contributed by atoms with E-state index in [0.717, 1.165) is 25.1 Å². The average molecular weight is 271 g/mol. The Morgan fingerprint density at radius 2 is 2.20 bits per heavy atom. The summed E-state index contributed by atoms with van der Waals surface area (Å²) in [6.45, 7) is 4.70. The molecule has 0 aliphatic rings. The van der Waals surface area contributed by atoms with E-state index in [9.17, 15) is 5.26 Å². The number of nitrogens with zero attached hydrogens (tertiary/aromatic N) is 5. The molecule has 0 amide bonds. The Bertz CT molecular complexity index is 621. The zero-order valence-corrected chi connectivity index (χ0v) is 11.6. The van der Waals surface area contributed by atoms with Gasteiger partial charge in [0.2, 0.25) is 0 Å². The van der Waals surface area contributed by atoms with Crippen molar-refractivity contribution in [2.75, 3.05) is 17.6 Å². The first kappa shape index (κ1) is 13.8. The molecule has 0 aliphatic carbocycles. The van der Waals surface area contributed by atoms with E-state index in [1.807, 2.05) is 13.0 Å². The Labute approximate surface area is 117 Å².